The van der Waals surface area contributed by atoms with Gasteiger partial charge < -0.3 is 5.32 Å². The highest BCUT2D eigenvalue weighted by Crippen LogP contribution is 2.29. The summed E-state index contributed by atoms with van der Waals surface area (Å²) in [6, 6.07) is 10.8. The number of pyridine rings is 1. The van der Waals surface area contributed by atoms with Crippen LogP contribution in [-0.2, 0) is 24.4 Å². The zero-order chi connectivity index (χ0) is 21.3. The number of halogens is 1. The van der Waals surface area contributed by atoms with Gasteiger partial charge in [0.2, 0.25) is 5.91 Å². The molecule has 0 bridgehead atoms. The Labute approximate surface area is 180 Å². The van der Waals surface area contributed by atoms with Crippen molar-refractivity contribution in [2.75, 3.05) is 0 Å². The van der Waals surface area contributed by atoms with E-state index in [1.165, 1.54) is 20.5 Å². The largest absolute Gasteiger partial charge is 0.350 e. The zero-order valence-corrected chi connectivity index (χ0v) is 17.8. The summed E-state index contributed by atoms with van der Waals surface area (Å²) >= 11 is 7.38. The van der Waals surface area contributed by atoms with E-state index >= 15 is 0 Å². The van der Waals surface area contributed by atoms with E-state index in [0.29, 0.717) is 31.9 Å². The first kappa shape index (κ1) is 20.3. The number of fused-ring (bicyclic) bond motifs is 3. The molecule has 0 saturated carbocycles. The molecule has 0 saturated heterocycles. The number of benzene rings is 1. The van der Waals surface area contributed by atoms with Crippen LogP contribution in [0.1, 0.15) is 18.9 Å². The van der Waals surface area contributed by atoms with E-state index in [4.69, 9.17) is 11.6 Å². The lowest BCUT2D eigenvalue weighted by Crippen LogP contribution is -2.42. The molecule has 1 N–H and O–H groups in total. The van der Waals surface area contributed by atoms with Crippen molar-refractivity contribution in [1.82, 2.24) is 19.4 Å². The van der Waals surface area contributed by atoms with Gasteiger partial charge in [0.1, 0.15) is 16.1 Å². The number of aromatic nitrogens is 3. The van der Waals surface area contributed by atoms with Gasteiger partial charge in [-0.15, -0.1) is 11.3 Å². The molecule has 154 valence electrons. The predicted molar refractivity (Wildman–Crippen MR) is 119 cm³/mol. The first-order valence-corrected chi connectivity index (χ1v) is 10.7. The summed E-state index contributed by atoms with van der Waals surface area (Å²) in [6.07, 6.45) is 2.27. The molecule has 0 aliphatic carbocycles. The Morgan fingerprint density at radius 3 is 2.73 bits per heavy atom. The minimum Gasteiger partial charge on any atom is -0.350 e. The molecular weight excluding hydrogens is 424 g/mol. The van der Waals surface area contributed by atoms with Crippen LogP contribution in [-0.4, -0.2) is 20.0 Å². The summed E-state index contributed by atoms with van der Waals surface area (Å²) < 4.78 is 2.99. The SMILES string of the molecule is CCCn1c(=O)c2sc3ncccc3c2n(CC(=O)NCc2ccccc2Cl)c1=O. The molecule has 4 aromatic rings. The van der Waals surface area contributed by atoms with Gasteiger partial charge >= 0.3 is 5.69 Å². The molecule has 1 amide bonds. The molecule has 0 atom stereocenters. The number of rotatable bonds is 6. The first-order valence-electron chi connectivity index (χ1n) is 9.52. The van der Waals surface area contributed by atoms with Gasteiger partial charge in [0, 0.05) is 29.7 Å². The van der Waals surface area contributed by atoms with Crippen molar-refractivity contribution in [2.45, 2.75) is 33.0 Å². The molecule has 1 aromatic carbocycles. The molecule has 0 fully saturated rings. The Bertz CT molecular complexity index is 1370. The van der Waals surface area contributed by atoms with Gasteiger partial charge in [-0.2, -0.15) is 0 Å². The van der Waals surface area contributed by atoms with E-state index < -0.39 is 5.69 Å². The van der Waals surface area contributed by atoms with Crippen molar-refractivity contribution in [3.05, 3.63) is 74.0 Å². The highest BCUT2D eigenvalue weighted by Gasteiger charge is 2.20. The van der Waals surface area contributed by atoms with Crippen molar-refractivity contribution >= 4 is 49.3 Å². The fourth-order valence-electron chi connectivity index (χ4n) is 3.39. The van der Waals surface area contributed by atoms with Gasteiger partial charge in [-0.3, -0.25) is 18.7 Å². The van der Waals surface area contributed by atoms with Crippen LogP contribution in [0, 0.1) is 0 Å². The smallest absolute Gasteiger partial charge is 0.332 e. The Balaban J connectivity index is 1.77. The Morgan fingerprint density at radius 2 is 1.97 bits per heavy atom. The molecule has 0 spiro atoms. The highest BCUT2D eigenvalue weighted by atomic mass is 35.5. The van der Waals surface area contributed by atoms with Crippen molar-refractivity contribution in [3.8, 4) is 0 Å². The van der Waals surface area contributed by atoms with Gasteiger partial charge in [0.15, 0.2) is 0 Å². The lowest BCUT2D eigenvalue weighted by atomic mass is 10.2. The minimum absolute atomic E-state index is 0.204. The van der Waals surface area contributed by atoms with Crippen LogP contribution < -0.4 is 16.6 Å². The van der Waals surface area contributed by atoms with Gasteiger partial charge in [0.25, 0.3) is 5.56 Å². The second-order valence-corrected chi connectivity index (χ2v) is 8.24. The average molecular weight is 443 g/mol. The van der Waals surface area contributed by atoms with Crippen molar-refractivity contribution < 1.29 is 4.79 Å². The van der Waals surface area contributed by atoms with Gasteiger partial charge in [-0.25, -0.2) is 9.78 Å². The molecule has 30 heavy (non-hydrogen) atoms. The third-order valence-electron chi connectivity index (χ3n) is 4.79. The van der Waals surface area contributed by atoms with Gasteiger partial charge in [-0.05, 0) is 30.2 Å². The number of thiophene rings is 1. The summed E-state index contributed by atoms with van der Waals surface area (Å²) in [5.41, 5.74) is 0.405. The maximum Gasteiger partial charge on any atom is 0.332 e. The molecule has 9 heteroatoms. The summed E-state index contributed by atoms with van der Waals surface area (Å²) in [5, 5.41) is 4.05. The molecule has 0 aliphatic heterocycles. The fraction of sp³-hybridized carbons (Fsp3) is 0.238. The normalized spacial score (nSPS) is 11.3. The molecule has 0 aliphatic rings. The van der Waals surface area contributed by atoms with Crippen LogP contribution in [0.15, 0.2) is 52.2 Å². The molecule has 0 radical (unpaired) electrons. The summed E-state index contributed by atoms with van der Waals surface area (Å²) in [7, 11) is 0. The topological polar surface area (TPSA) is 86.0 Å². The Kier molecular flexibility index (Phi) is 5.69. The molecule has 0 unspecified atom stereocenters. The Hall–Kier alpha value is -2.97. The van der Waals surface area contributed by atoms with Crippen LogP contribution in [0.2, 0.25) is 5.02 Å². The molecule has 3 aromatic heterocycles. The van der Waals surface area contributed by atoms with Gasteiger partial charge in [0.05, 0.1) is 5.52 Å². The highest BCUT2D eigenvalue weighted by molar-refractivity contribution is 7.25. The number of carbonyl (C=O) groups excluding carboxylic acids is 1. The monoisotopic (exact) mass is 442 g/mol. The quantitative estimate of drug-likeness (QED) is 0.497. The third kappa shape index (κ3) is 3.64. The predicted octanol–water partition coefficient (Wildman–Crippen LogP) is 3.15. The first-order chi connectivity index (χ1) is 14.5. The van der Waals surface area contributed by atoms with Gasteiger partial charge in [-0.1, -0.05) is 36.7 Å². The van der Waals surface area contributed by atoms with Crippen LogP contribution >= 0.6 is 22.9 Å². The number of carbonyl (C=O) groups is 1. The summed E-state index contributed by atoms with van der Waals surface area (Å²) in [4.78, 5) is 43.7. The van der Waals surface area contributed by atoms with Crippen LogP contribution in [0.3, 0.4) is 0 Å². The van der Waals surface area contributed by atoms with Crippen molar-refractivity contribution in [3.63, 3.8) is 0 Å². The van der Waals surface area contributed by atoms with Crippen molar-refractivity contribution in [1.29, 1.82) is 0 Å². The second-order valence-electron chi connectivity index (χ2n) is 6.83. The standard InChI is InChI=1S/C21H19ClN4O3S/c1-2-10-25-20(28)18-17(14-7-5-9-23-19(14)30-18)26(21(25)29)12-16(27)24-11-13-6-3-4-8-15(13)22/h3-9H,2,10-12H2,1H3,(H,24,27). The molecule has 7 nitrogen and oxygen atoms in total. The maximum atomic E-state index is 13.1. The maximum absolute atomic E-state index is 13.1. The van der Waals surface area contributed by atoms with E-state index in [-0.39, 0.29) is 31.1 Å². The van der Waals surface area contributed by atoms with Crippen LogP contribution in [0.5, 0.6) is 0 Å². The zero-order valence-electron chi connectivity index (χ0n) is 16.2. The Morgan fingerprint density at radius 1 is 1.17 bits per heavy atom. The van der Waals surface area contributed by atoms with E-state index in [1.54, 1.807) is 18.3 Å². The lowest BCUT2D eigenvalue weighted by molar-refractivity contribution is -0.121. The number of hydrogen-bond donors (Lipinski definition) is 1. The molecule has 4 rings (SSSR count). The number of nitrogens with zero attached hydrogens (tertiary/aromatic N) is 3. The lowest BCUT2D eigenvalue weighted by Gasteiger charge is -2.12. The summed E-state index contributed by atoms with van der Waals surface area (Å²) in [5.74, 6) is -0.344. The van der Waals surface area contributed by atoms with E-state index in [9.17, 15) is 14.4 Å². The van der Waals surface area contributed by atoms with E-state index in [1.807, 2.05) is 31.2 Å². The number of hydrogen-bond acceptors (Lipinski definition) is 5. The molecule has 3 heterocycles. The molecular formula is C21H19ClN4O3S. The number of nitrogens with one attached hydrogen (secondary N) is 1. The van der Waals surface area contributed by atoms with Crippen LogP contribution in [0.25, 0.3) is 20.4 Å². The van der Waals surface area contributed by atoms with Crippen LogP contribution in [0.4, 0.5) is 0 Å². The number of amides is 1. The third-order valence-corrected chi connectivity index (χ3v) is 6.25. The second kappa shape index (κ2) is 8.41. The fourth-order valence-corrected chi connectivity index (χ4v) is 4.68. The van der Waals surface area contributed by atoms with E-state index in [2.05, 4.69) is 10.3 Å². The summed E-state index contributed by atoms with van der Waals surface area (Å²) in [6.45, 7) is 2.22. The minimum atomic E-state index is -0.495. The van der Waals surface area contributed by atoms with E-state index in [0.717, 1.165) is 5.56 Å². The average Bonchev–Trinajstić information content (AvgIpc) is 3.13. The van der Waals surface area contributed by atoms with Crippen molar-refractivity contribution in [2.24, 2.45) is 0 Å².